The monoisotopic (exact) mass is 235 g/mol. The van der Waals surface area contributed by atoms with Gasteiger partial charge in [0.25, 0.3) is 0 Å². The summed E-state index contributed by atoms with van der Waals surface area (Å²) in [4.78, 5) is 13.5. The van der Waals surface area contributed by atoms with Crippen LogP contribution in [0.25, 0.3) is 0 Å². The number of nitrogens with zero attached hydrogens (tertiary/aromatic N) is 1. The highest BCUT2D eigenvalue weighted by molar-refractivity contribution is 6.31. The highest BCUT2D eigenvalue weighted by Gasteiger charge is 2.29. The highest BCUT2D eigenvalue weighted by Crippen LogP contribution is 2.35. The molecule has 1 atom stereocenters. The van der Waals surface area contributed by atoms with Crippen molar-refractivity contribution in [3.8, 4) is 0 Å². The predicted molar refractivity (Wildman–Crippen MR) is 65.3 cm³/mol. The van der Waals surface area contributed by atoms with Crippen LogP contribution in [-0.2, 0) is 4.79 Å². The van der Waals surface area contributed by atoms with Gasteiger partial charge in [-0.3, -0.25) is 4.79 Å². The summed E-state index contributed by atoms with van der Waals surface area (Å²) in [6.07, 6.45) is 3.37. The molecule has 0 aromatic heterocycles. The minimum Gasteiger partial charge on any atom is -0.332 e. The second-order valence-corrected chi connectivity index (χ2v) is 4.32. The number of carbonyl (C=O) groups is 1. The summed E-state index contributed by atoms with van der Waals surface area (Å²) in [5.41, 5.74) is 1.04. The summed E-state index contributed by atoms with van der Waals surface area (Å²) >= 11 is 6.15. The lowest BCUT2D eigenvalue weighted by Gasteiger charge is -2.24. The van der Waals surface area contributed by atoms with Crippen LogP contribution in [0.5, 0.6) is 0 Å². The molecule has 0 bridgehead atoms. The zero-order valence-corrected chi connectivity index (χ0v) is 9.78. The molecule has 1 aliphatic rings. The Balaban J connectivity index is 2.30. The van der Waals surface area contributed by atoms with Gasteiger partial charge in [0.1, 0.15) is 0 Å². The number of hydrogen-bond acceptors (Lipinski definition) is 1. The zero-order chi connectivity index (χ0) is 11.5. The molecule has 2 rings (SSSR count). The first-order valence-electron chi connectivity index (χ1n) is 5.41. The zero-order valence-electron chi connectivity index (χ0n) is 9.03. The van der Waals surface area contributed by atoms with Crippen molar-refractivity contribution in [2.75, 3.05) is 6.54 Å². The molecule has 84 valence electrons. The topological polar surface area (TPSA) is 20.3 Å². The van der Waals surface area contributed by atoms with Crippen LogP contribution in [0.3, 0.4) is 0 Å². The maximum atomic E-state index is 11.7. The van der Waals surface area contributed by atoms with Crippen molar-refractivity contribution in [3.05, 3.63) is 47.5 Å². The van der Waals surface area contributed by atoms with Crippen molar-refractivity contribution in [3.63, 3.8) is 0 Å². The first-order chi connectivity index (χ1) is 7.74. The standard InChI is InChI=1S/C13H14ClNO/c1-2-13(16)15-9-5-8-12(15)10-6-3-4-7-11(10)14/h2-4,6-7,12H,1,5,8-9H2. The van der Waals surface area contributed by atoms with Gasteiger partial charge in [-0.2, -0.15) is 0 Å². The highest BCUT2D eigenvalue weighted by atomic mass is 35.5. The summed E-state index contributed by atoms with van der Waals surface area (Å²) in [5.74, 6) is -0.0116. The average Bonchev–Trinajstić information content (AvgIpc) is 2.77. The van der Waals surface area contributed by atoms with E-state index in [4.69, 9.17) is 11.6 Å². The van der Waals surface area contributed by atoms with E-state index in [1.54, 1.807) is 0 Å². The Morgan fingerprint density at radius 1 is 1.50 bits per heavy atom. The van der Waals surface area contributed by atoms with Crippen molar-refractivity contribution in [2.45, 2.75) is 18.9 Å². The minimum atomic E-state index is -0.0116. The molecule has 1 saturated heterocycles. The molecule has 0 aliphatic carbocycles. The molecule has 1 amide bonds. The third-order valence-electron chi connectivity index (χ3n) is 2.97. The quantitative estimate of drug-likeness (QED) is 0.721. The fourth-order valence-electron chi connectivity index (χ4n) is 2.22. The van der Waals surface area contributed by atoms with Crippen LogP contribution in [0.4, 0.5) is 0 Å². The molecule has 0 spiro atoms. The van der Waals surface area contributed by atoms with E-state index in [0.717, 1.165) is 30.0 Å². The van der Waals surface area contributed by atoms with Crippen molar-refractivity contribution in [2.24, 2.45) is 0 Å². The van der Waals surface area contributed by atoms with E-state index in [1.165, 1.54) is 6.08 Å². The molecule has 0 N–H and O–H groups in total. The SMILES string of the molecule is C=CC(=O)N1CCCC1c1ccccc1Cl. The van der Waals surface area contributed by atoms with Gasteiger partial charge in [0.15, 0.2) is 0 Å². The number of benzene rings is 1. The molecule has 0 radical (unpaired) electrons. The smallest absolute Gasteiger partial charge is 0.246 e. The lowest BCUT2D eigenvalue weighted by Crippen LogP contribution is -2.28. The normalized spacial score (nSPS) is 19.8. The maximum Gasteiger partial charge on any atom is 0.246 e. The lowest BCUT2D eigenvalue weighted by molar-refractivity contribution is -0.126. The lowest BCUT2D eigenvalue weighted by atomic mass is 10.0. The fourth-order valence-corrected chi connectivity index (χ4v) is 2.48. The van der Waals surface area contributed by atoms with E-state index < -0.39 is 0 Å². The molecule has 1 unspecified atom stereocenters. The number of hydrogen-bond donors (Lipinski definition) is 0. The van der Waals surface area contributed by atoms with Crippen molar-refractivity contribution in [1.82, 2.24) is 4.90 Å². The molecule has 1 aromatic carbocycles. The number of likely N-dealkylation sites (tertiary alicyclic amines) is 1. The number of carbonyl (C=O) groups excluding carboxylic acids is 1. The fraction of sp³-hybridized carbons (Fsp3) is 0.308. The summed E-state index contributed by atoms with van der Waals surface area (Å²) in [6.45, 7) is 4.32. The molecule has 1 fully saturated rings. The van der Waals surface area contributed by atoms with Crippen LogP contribution in [-0.4, -0.2) is 17.4 Å². The van der Waals surface area contributed by atoms with Crippen LogP contribution >= 0.6 is 11.6 Å². The van der Waals surface area contributed by atoms with Gasteiger partial charge in [-0.05, 0) is 30.5 Å². The Morgan fingerprint density at radius 2 is 2.25 bits per heavy atom. The van der Waals surface area contributed by atoms with Gasteiger partial charge in [-0.1, -0.05) is 36.4 Å². The Bertz CT molecular complexity index is 416. The Hall–Kier alpha value is -1.28. The molecule has 1 aromatic rings. The van der Waals surface area contributed by atoms with Crippen LogP contribution in [0.15, 0.2) is 36.9 Å². The summed E-state index contributed by atoms with van der Waals surface area (Å²) in [6, 6.07) is 7.82. The third-order valence-corrected chi connectivity index (χ3v) is 3.32. The Labute approximate surface area is 101 Å². The first-order valence-corrected chi connectivity index (χ1v) is 5.79. The summed E-state index contributed by atoms with van der Waals surface area (Å²) in [5, 5.41) is 0.733. The van der Waals surface area contributed by atoms with Gasteiger partial charge in [0.05, 0.1) is 6.04 Å². The van der Waals surface area contributed by atoms with Crippen molar-refractivity contribution < 1.29 is 4.79 Å². The van der Waals surface area contributed by atoms with Crippen LogP contribution in [0.1, 0.15) is 24.4 Å². The largest absolute Gasteiger partial charge is 0.332 e. The number of halogens is 1. The van der Waals surface area contributed by atoms with Crippen LogP contribution in [0, 0.1) is 0 Å². The van der Waals surface area contributed by atoms with Gasteiger partial charge in [-0.15, -0.1) is 0 Å². The second kappa shape index (κ2) is 4.71. The van der Waals surface area contributed by atoms with E-state index in [1.807, 2.05) is 29.2 Å². The number of amides is 1. The molecular weight excluding hydrogens is 222 g/mol. The van der Waals surface area contributed by atoms with Crippen molar-refractivity contribution >= 4 is 17.5 Å². The van der Waals surface area contributed by atoms with Gasteiger partial charge >= 0.3 is 0 Å². The minimum absolute atomic E-state index is 0.0116. The van der Waals surface area contributed by atoms with E-state index in [0.29, 0.717) is 0 Å². The predicted octanol–water partition coefficient (Wildman–Crippen LogP) is 3.19. The van der Waals surface area contributed by atoms with E-state index in [-0.39, 0.29) is 11.9 Å². The van der Waals surface area contributed by atoms with E-state index in [9.17, 15) is 4.79 Å². The van der Waals surface area contributed by atoms with Crippen LogP contribution < -0.4 is 0 Å². The molecular formula is C13H14ClNO. The molecule has 0 saturated carbocycles. The van der Waals surface area contributed by atoms with Crippen molar-refractivity contribution in [1.29, 1.82) is 0 Å². The van der Waals surface area contributed by atoms with Gasteiger partial charge in [-0.25, -0.2) is 0 Å². The molecule has 1 aliphatic heterocycles. The first kappa shape index (κ1) is 11.2. The van der Waals surface area contributed by atoms with Crippen LogP contribution in [0.2, 0.25) is 5.02 Å². The molecule has 16 heavy (non-hydrogen) atoms. The number of rotatable bonds is 2. The van der Waals surface area contributed by atoms with E-state index >= 15 is 0 Å². The third kappa shape index (κ3) is 1.98. The van der Waals surface area contributed by atoms with E-state index in [2.05, 4.69) is 6.58 Å². The molecule has 1 heterocycles. The second-order valence-electron chi connectivity index (χ2n) is 3.92. The average molecular weight is 236 g/mol. The summed E-state index contributed by atoms with van der Waals surface area (Å²) in [7, 11) is 0. The molecule has 2 nitrogen and oxygen atoms in total. The Morgan fingerprint density at radius 3 is 2.94 bits per heavy atom. The van der Waals surface area contributed by atoms with Gasteiger partial charge in [0.2, 0.25) is 5.91 Å². The van der Waals surface area contributed by atoms with Gasteiger partial charge < -0.3 is 4.90 Å². The maximum absolute atomic E-state index is 11.7. The molecule has 3 heteroatoms. The summed E-state index contributed by atoms with van der Waals surface area (Å²) < 4.78 is 0. The van der Waals surface area contributed by atoms with Gasteiger partial charge in [0, 0.05) is 11.6 Å². The Kier molecular flexibility index (Phi) is 3.30.